The molecule has 1 N–H and O–H groups in total. The number of anilines is 1. The van der Waals surface area contributed by atoms with Crippen molar-refractivity contribution >= 4 is 33.2 Å². The van der Waals surface area contributed by atoms with Gasteiger partial charge in [0.25, 0.3) is 5.91 Å². The maximum Gasteiger partial charge on any atom is 0.262 e. The van der Waals surface area contributed by atoms with E-state index in [2.05, 4.69) is 5.32 Å². The number of hydrogen-bond acceptors (Lipinski definition) is 4. The van der Waals surface area contributed by atoms with E-state index in [4.69, 9.17) is 16.3 Å². The minimum atomic E-state index is -3.71. The Morgan fingerprint density at radius 3 is 2.48 bits per heavy atom. The molecule has 2 aromatic rings. The molecule has 0 aromatic heterocycles. The normalized spacial score (nSPS) is 14.9. The third kappa shape index (κ3) is 4.80. The molecule has 0 bridgehead atoms. The highest BCUT2D eigenvalue weighted by atomic mass is 35.5. The molecule has 0 unspecified atom stereocenters. The number of halogens is 1. The van der Waals surface area contributed by atoms with Crippen LogP contribution in [0.4, 0.5) is 5.69 Å². The number of carbonyl (C=O) groups is 1. The Kier molecular flexibility index (Phi) is 6.04. The van der Waals surface area contributed by atoms with Crippen LogP contribution in [-0.2, 0) is 14.8 Å². The molecule has 8 heteroatoms. The van der Waals surface area contributed by atoms with Crippen molar-refractivity contribution in [2.75, 3.05) is 25.0 Å². The first-order chi connectivity index (χ1) is 12.9. The Bertz CT molecular complexity index is 923. The van der Waals surface area contributed by atoms with E-state index in [0.717, 1.165) is 18.4 Å². The lowest BCUT2D eigenvalue weighted by Gasteiger charge is -2.18. The van der Waals surface area contributed by atoms with E-state index in [9.17, 15) is 13.2 Å². The zero-order valence-corrected chi connectivity index (χ0v) is 16.5. The van der Waals surface area contributed by atoms with Crippen LogP contribution >= 0.6 is 11.6 Å². The maximum absolute atomic E-state index is 12.9. The van der Waals surface area contributed by atoms with E-state index in [1.807, 2.05) is 19.1 Å². The van der Waals surface area contributed by atoms with E-state index in [0.29, 0.717) is 23.8 Å². The fourth-order valence-corrected chi connectivity index (χ4v) is 4.76. The highest BCUT2D eigenvalue weighted by molar-refractivity contribution is 7.89. The molecule has 0 spiro atoms. The summed E-state index contributed by atoms with van der Waals surface area (Å²) in [6.07, 6.45) is 1.66. The topological polar surface area (TPSA) is 75.7 Å². The average molecular weight is 409 g/mol. The van der Waals surface area contributed by atoms with Crippen LogP contribution in [0.1, 0.15) is 18.4 Å². The predicted octanol–water partition coefficient (Wildman–Crippen LogP) is 3.45. The number of hydrogen-bond donors (Lipinski definition) is 1. The maximum atomic E-state index is 12.9. The molecule has 27 heavy (non-hydrogen) atoms. The van der Waals surface area contributed by atoms with Crippen LogP contribution in [0.3, 0.4) is 0 Å². The molecule has 1 fully saturated rings. The molecule has 1 saturated heterocycles. The van der Waals surface area contributed by atoms with Gasteiger partial charge in [0, 0.05) is 23.8 Å². The van der Waals surface area contributed by atoms with Gasteiger partial charge in [-0.2, -0.15) is 4.31 Å². The smallest absolute Gasteiger partial charge is 0.262 e. The third-order valence-corrected chi connectivity index (χ3v) is 6.44. The Balaban J connectivity index is 1.73. The number of nitrogens with one attached hydrogen (secondary N) is 1. The number of nitrogens with zero attached hydrogens (tertiary/aromatic N) is 1. The summed E-state index contributed by atoms with van der Waals surface area (Å²) < 4.78 is 32.7. The van der Waals surface area contributed by atoms with Gasteiger partial charge in [-0.15, -0.1) is 0 Å². The van der Waals surface area contributed by atoms with Gasteiger partial charge in [-0.25, -0.2) is 8.42 Å². The lowest BCUT2D eigenvalue weighted by atomic mass is 10.2. The molecule has 2 aromatic carbocycles. The van der Waals surface area contributed by atoms with Gasteiger partial charge < -0.3 is 10.1 Å². The second-order valence-electron chi connectivity index (χ2n) is 6.41. The first-order valence-corrected chi connectivity index (χ1v) is 10.5. The molecule has 3 rings (SSSR count). The summed E-state index contributed by atoms with van der Waals surface area (Å²) in [5.74, 6) is -0.260. The Hall–Kier alpha value is -2.09. The Morgan fingerprint density at radius 2 is 1.81 bits per heavy atom. The van der Waals surface area contributed by atoms with Crippen LogP contribution in [0.2, 0.25) is 5.02 Å². The van der Waals surface area contributed by atoms with Crippen molar-refractivity contribution in [1.29, 1.82) is 0 Å². The molecule has 1 aliphatic heterocycles. The molecule has 1 aliphatic rings. The first-order valence-electron chi connectivity index (χ1n) is 8.65. The van der Waals surface area contributed by atoms with Crippen LogP contribution in [-0.4, -0.2) is 38.3 Å². The van der Waals surface area contributed by atoms with E-state index < -0.39 is 10.0 Å². The molecule has 6 nitrogen and oxygen atoms in total. The van der Waals surface area contributed by atoms with E-state index in [1.54, 1.807) is 12.1 Å². The molecular weight excluding hydrogens is 388 g/mol. The number of amides is 1. The van der Waals surface area contributed by atoms with Crippen LogP contribution < -0.4 is 10.1 Å². The fraction of sp³-hybridized carbons (Fsp3) is 0.316. The predicted molar refractivity (Wildman–Crippen MR) is 105 cm³/mol. The van der Waals surface area contributed by atoms with E-state index in [1.165, 1.54) is 22.5 Å². The number of rotatable bonds is 6. The summed E-state index contributed by atoms with van der Waals surface area (Å²) in [6.45, 7) is 2.60. The fourth-order valence-electron chi connectivity index (χ4n) is 2.85. The number of carbonyl (C=O) groups excluding carboxylic acids is 1. The van der Waals surface area contributed by atoms with E-state index >= 15 is 0 Å². The standard InChI is InChI=1S/C19H21ClN2O4S/c1-14-4-7-16(8-5-14)21-19(23)13-26-17-9-6-15(20)12-18(17)27(24,25)22-10-2-3-11-22/h4-9,12H,2-3,10-11,13H2,1H3,(H,21,23). The van der Waals surface area contributed by atoms with Crippen molar-refractivity contribution in [2.45, 2.75) is 24.7 Å². The van der Waals surface area contributed by atoms with Crippen LogP contribution in [0.25, 0.3) is 0 Å². The molecule has 144 valence electrons. The molecule has 0 saturated carbocycles. The Labute approximate surface area is 164 Å². The van der Waals surface area contributed by atoms with Gasteiger partial charge in [-0.05, 0) is 50.1 Å². The first kappa shape index (κ1) is 19.7. The van der Waals surface area contributed by atoms with Gasteiger partial charge in [0.05, 0.1) is 0 Å². The van der Waals surface area contributed by atoms with Gasteiger partial charge in [0.1, 0.15) is 10.6 Å². The van der Waals surface area contributed by atoms with Gasteiger partial charge in [-0.3, -0.25) is 4.79 Å². The van der Waals surface area contributed by atoms with Crippen molar-refractivity contribution in [1.82, 2.24) is 4.31 Å². The summed E-state index contributed by atoms with van der Waals surface area (Å²) in [7, 11) is -3.71. The van der Waals surface area contributed by atoms with Gasteiger partial charge in [-0.1, -0.05) is 29.3 Å². The van der Waals surface area contributed by atoms with E-state index in [-0.39, 0.29) is 23.2 Å². The second kappa shape index (κ2) is 8.29. The quantitative estimate of drug-likeness (QED) is 0.794. The van der Waals surface area contributed by atoms with Gasteiger partial charge in [0.2, 0.25) is 10.0 Å². The lowest BCUT2D eigenvalue weighted by Crippen LogP contribution is -2.28. The van der Waals surface area contributed by atoms with Crippen molar-refractivity contribution in [3.8, 4) is 5.75 Å². The minimum absolute atomic E-state index is 0.0139. The number of aryl methyl sites for hydroxylation is 1. The summed E-state index contributed by atoms with van der Waals surface area (Å²) >= 11 is 5.99. The van der Waals surface area contributed by atoms with Crippen molar-refractivity contribution in [3.63, 3.8) is 0 Å². The largest absolute Gasteiger partial charge is 0.482 e. The molecule has 1 heterocycles. The number of benzene rings is 2. The Morgan fingerprint density at radius 1 is 1.15 bits per heavy atom. The van der Waals surface area contributed by atoms with Crippen LogP contribution in [0.5, 0.6) is 5.75 Å². The van der Waals surface area contributed by atoms with Crippen molar-refractivity contribution < 1.29 is 17.9 Å². The van der Waals surface area contributed by atoms with Crippen molar-refractivity contribution in [3.05, 3.63) is 53.1 Å². The zero-order chi connectivity index (χ0) is 19.4. The van der Waals surface area contributed by atoms with Gasteiger partial charge >= 0.3 is 0 Å². The van der Waals surface area contributed by atoms with Gasteiger partial charge in [0.15, 0.2) is 6.61 Å². The van der Waals surface area contributed by atoms with Crippen LogP contribution in [0, 0.1) is 6.92 Å². The second-order valence-corrected chi connectivity index (χ2v) is 8.75. The van der Waals surface area contributed by atoms with Crippen molar-refractivity contribution in [2.24, 2.45) is 0 Å². The average Bonchev–Trinajstić information content (AvgIpc) is 3.18. The monoisotopic (exact) mass is 408 g/mol. The summed E-state index contributed by atoms with van der Waals surface area (Å²) in [6, 6.07) is 11.7. The molecule has 0 radical (unpaired) electrons. The molecule has 0 aliphatic carbocycles. The summed E-state index contributed by atoms with van der Waals surface area (Å²) in [4.78, 5) is 12.1. The lowest BCUT2D eigenvalue weighted by molar-refractivity contribution is -0.118. The number of sulfonamides is 1. The highest BCUT2D eigenvalue weighted by Gasteiger charge is 2.30. The highest BCUT2D eigenvalue weighted by Crippen LogP contribution is 2.31. The SMILES string of the molecule is Cc1ccc(NC(=O)COc2ccc(Cl)cc2S(=O)(=O)N2CCCC2)cc1. The van der Waals surface area contributed by atoms with Crippen LogP contribution in [0.15, 0.2) is 47.4 Å². The summed E-state index contributed by atoms with van der Waals surface area (Å²) in [5, 5.41) is 3.01. The number of ether oxygens (including phenoxy) is 1. The molecule has 1 amide bonds. The molecular formula is C19H21ClN2O4S. The summed E-state index contributed by atoms with van der Waals surface area (Å²) in [5.41, 5.74) is 1.73. The molecule has 0 atom stereocenters. The minimum Gasteiger partial charge on any atom is -0.482 e. The third-order valence-electron chi connectivity index (χ3n) is 4.28. The zero-order valence-electron chi connectivity index (χ0n) is 14.9.